The van der Waals surface area contributed by atoms with Crippen LogP contribution in [-0.4, -0.2) is 30.5 Å². The van der Waals surface area contributed by atoms with Crippen LogP contribution in [0.2, 0.25) is 0 Å². The smallest absolute Gasteiger partial charge is 0.219 e. The summed E-state index contributed by atoms with van der Waals surface area (Å²) in [4.78, 5) is 0. The summed E-state index contributed by atoms with van der Waals surface area (Å²) in [5.74, 6) is 0.717. The highest BCUT2D eigenvalue weighted by Gasteiger charge is 2.49. The predicted molar refractivity (Wildman–Crippen MR) is 58.0 cm³/mol. The van der Waals surface area contributed by atoms with Crippen molar-refractivity contribution in [1.82, 2.24) is 0 Å². The number of ether oxygens (including phenoxy) is 2. The third-order valence-electron chi connectivity index (χ3n) is 2.86. The lowest BCUT2D eigenvalue weighted by Gasteiger charge is -2.53. The number of hydrogen-bond donors (Lipinski definition) is 0. The molecule has 1 saturated carbocycles. The van der Waals surface area contributed by atoms with Crippen molar-refractivity contribution in [3.63, 3.8) is 0 Å². The number of rotatable bonds is 2. The summed E-state index contributed by atoms with van der Waals surface area (Å²) in [5, 5.41) is 0. The van der Waals surface area contributed by atoms with Gasteiger partial charge in [0.25, 0.3) is 0 Å². The third-order valence-corrected chi connectivity index (χ3v) is 3.93. The highest BCUT2D eigenvalue weighted by molar-refractivity contribution is 8.22. The number of hydrogen-bond acceptors (Lipinski definition) is 4. The molecule has 1 saturated heterocycles. The van der Waals surface area contributed by atoms with E-state index in [1.807, 2.05) is 6.26 Å². The van der Waals surface area contributed by atoms with Gasteiger partial charge in [0.2, 0.25) is 4.38 Å². The molecule has 2 nitrogen and oxygen atoms in total. The van der Waals surface area contributed by atoms with Crippen molar-refractivity contribution in [2.45, 2.75) is 12.8 Å². The van der Waals surface area contributed by atoms with Gasteiger partial charge in [0.15, 0.2) is 0 Å². The molecule has 0 atom stereocenters. The minimum Gasteiger partial charge on any atom is -0.478 e. The molecule has 2 fully saturated rings. The number of thioether (sulfide) groups is 1. The molecule has 1 aliphatic heterocycles. The van der Waals surface area contributed by atoms with Gasteiger partial charge in [-0.05, 0) is 37.2 Å². The maximum atomic E-state index is 5.41. The second-order valence-electron chi connectivity index (χ2n) is 4.03. The second kappa shape index (κ2) is 3.75. The minimum atomic E-state index is 0.551. The lowest BCUT2D eigenvalue weighted by molar-refractivity contribution is -0.183. The van der Waals surface area contributed by atoms with Crippen molar-refractivity contribution in [1.29, 1.82) is 0 Å². The van der Waals surface area contributed by atoms with Crippen molar-refractivity contribution in [3.8, 4) is 0 Å². The van der Waals surface area contributed by atoms with Crippen molar-refractivity contribution in [2.75, 3.05) is 26.1 Å². The lowest BCUT2D eigenvalue weighted by atomic mass is 9.61. The molecule has 0 N–H and O–H groups in total. The monoisotopic (exact) mass is 218 g/mol. The molecule has 1 spiro atoms. The zero-order valence-electron chi connectivity index (χ0n) is 7.75. The van der Waals surface area contributed by atoms with E-state index in [-0.39, 0.29) is 0 Å². The van der Waals surface area contributed by atoms with Crippen LogP contribution in [0.1, 0.15) is 12.8 Å². The van der Waals surface area contributed by atoms with E-state index in [0.29, 0.717) is 15.7 Å². The van der Waals surface area contributed by atoms with Gasteiger partial charge in [0.05, 0.1) is 19.8 Å². The summed E-state index contributed by atoms with van der Waals surface area (Å²) in [7, 11) is 0. The maximum absolute atomic E-state index is 5.41. The van der Waals surface area contributed by atoms with Gasteiger partial charge in [-0.1, -0.05) is 11.8 Å². The Balaban J connectivity index is 1.61. The van der Waals surface area contributed by atoms with Gasteiger partial charge in [-0.15, -0.1) is 0 Å². The van der Waals surface area contributed by atoms with Gasteiger partial charge in [-0.2, -0.15) is 0 Å². The normalized spacial score (nSPS) is 25.0. The van der Waals surface area contributed by atoms with Gasteiger partial charge < -0.3 is 9.47 Å². The first-order valence-electron chi connectivity index (χ1n) is 4.53. The molecule has 0 bridgehead atoms. The Bertz CT molecular complexity index is 206. The molecule has 2 aliphatic rings. The van der Waals surface area contributed by atoms with Gasteiger partial charge >= 0.3 is 0 Å². The van der Waals surface area contributed by atoms with Gasteiger partial charge in [-0.25, -0.2) is 0 Å². The summed E-state index contributed by atoms with van der Waals surface area (Å²) in [5.41, 5.74) is 0.551. The van der Waals surface area contributed by atoms with Crippen molar-refractivity contribution >= 4 is 28.4 Å². The highest BCUT2D eigenvalue weighted by atomic mass is 32.2. The average molecular weight is 218 g/mol. The summed E-state index contributed by atoms with van der Waals surface area (Å²) < 4.78 is 11.3. The van der Waals surface area contributed by atoms with Gasteiger partial charge in [-0.3, -0.25) is 0 Å². The minimum absolute atomic E-state index is 0.551. The van der Waals surface area contributed by atoms with Crippen molar-refractivity contribution in [2.24, 2.45) is 11.3 Å². The Morgan fingerprint density at radius 3 is 2.77 bits per heavy atom. The Morgan fingerprint density at radius 1 is 1.62 bits per heavy atom. The van der Waals surface area contributed by atoms with Crippen LogP contribution in [0.3, 0.4) is 0 Å². The molecule has 1 aliphatic carbocycles. The van der Waals surface area contributed by atoms with Gasteiger partial charge in [0, 0.05) is 5.41 Å². The topological polar surface area (TPSA) is 18.5 Å². The van der Waals surface area contributed by atoms with E-state index in [9.17, 15) is 0 Å². The second-order valence-corrected chi connectivity index (χ2v) is 5.44. The van der Waals surface area contributed by atoms with E-state index in [0.717, 1.165) is 19.8 Å². The first-order chi connectivity index (χ1) is 6.24. The Hall–Kier alpha value is 0.200. The van der Waals surface area contributed by atoms with Crippen LogP contribution in [0.25, 0.3) is 0 Å². The largest absolute Gasteiger partial charge is 0.478 e. The molecule has 0 amide bonds. The van der Waals surface area contributed by atoms with E-state index in [1.54, 1.807) is 0 Å². The van der Waals surface area contributed by atoms with Crippen LogP contribution in [0.5, 0.6) is 0 Å². The van der Waals surface area contributed by atoms with Crippen LogP contribution in [0.4, 0.5) is 0 Å². The van der Waals surface area contributed by atoms with E-state index in [1.165, 1.54) is 24.6 Å². The molecule has 2 rings (SSSR count). The quantitative estimate of drug-likeness (QED) is 0.660. The first kappa shape index (κ1) is 9.74. The Kier molecular flexibility index (Phi) is 2.81. The van der Waals surface area contributed by atoms with Crippen LogP contribution >= 0.6 is 24.0 Å². The molecule has 0 aromatic rings. The molecular formula is C9H14O2S2. The fraction of sp³-hybridized carbons (Fsp3) is 0.889. The Labute approximate surface area is 88.4 Å². The molecule has 1 heterocycles. The van der Waals surface area contributed by atoms with E-state index in [4.69, 9.17) is 21.7 Å². The molecule has 13 heavy (non-hydrogen) atoms. The Morgan fingerprint density at radius 2 is 2.31 bits per heavy atom. The fourth-order valence-corrected chi connectivity index (χ4v) is 2.41. The van der Waals surface area contributed by atoms with Crippen LogP contribution in [-0.2, 0) is 9.47 Å². The fourth-order valence-electron chi connectivity index (χ4n) is 2.15. The predicted octanol–water partition coefficient (Wildman–Crippen LogP) is 2.08. The van der Waals surface area contributed by atoms with Gasteiger partial charge in [0.1, 0.15) is 0 Å². The molecular weight excluding hydrogens is 204 g/mol. The zero-order valence-corrected chi connectivity index (χ0v) is 9.38. The molecule has 74 valence electrons. The summed E-state index contributed by atoms with van der Waals surface area (Å²) in [6.07, 6.45) is 4.48. The van der Waals surface area contributed by atoms with Crippen LogP contribution in [0.15, 0.2) is 0 Å². The molecule has 0 radical (unpaired) electrons. The molecule has 0 aromatic heterocycles. The SMILES string of the molecule is CSC(=S)OCC1CC2(COC2)C1. The number of thiocarbonyl (C=S) groups is 1. The lowest BCUT2D eigenvalue weighted by Crippen LogP contribution is -2.53. The van der Waals surface area contributed by atoms with Crippen molar-refractivity contribution < 1.29 is 9.47 Å². The van der Waals surface area contributed by atoms with E-state index in [2.05, 4.69) is 0 Å². The van der Waals surface area contributed by atoms with E-state index < -0.39 is 0 Å². The summed E-state index contributed by atoms with van der Waals surface area (Å²) in [6, 6.07) is 0. The van der Waals surface area contributed by atoms with Crippen LogP contribution in [0, 0.1) is 11.3 Å². The summed E-state index contributed by atoms with van der Waals surface area (Å²) in [6.45, 7) is 2.74. The van der Waals surface area contributed by atoms with Crippen LogP contribution < -0.4 is 0 Å². The zero-order chi connectivity index (χ0) is 9.31. The van der Waals surface area contributed by atoms with Crippen molar-refractivity contribution in [3.05, 3.63) is 0 Å². The first-order valence-corrected chi connectivity index (χ1v) is 6.16. The molecule has 4 heteroatoms. The third kappa shape index (κ3) is 2.00. The maximum Gasteiger partial charge on any atom is 0.219 e. The average Bonchev–Trinajstić information content (AvgIpc) is 1.98. The van der Waals surface area contributed by atoms with E-state index >= 15 is 0 Å². The molecule has 0 aromatic carbocycles. The molecule has 0 unspecified atom stereocenters. The highest BCUT2D eigenvalue weighted by Crippen LogP contribution is 2.50. The summed E-state index contributed by atoms with van der Waals surface area (Å²) >= 11 is 6.47. The standard InChI is InChI=1S/C9H14O2S2/c1-13-8(12)11-4-7-2-9(3-7)5-10-6-9/h7H,2-6H2,1H3.